The van der Waals surface area contributed by atoms with Gasteiger partial charge in [-0.15, -0.1) is 0 Å². The van der Waals surface area contributed by atoms with Crippen LogP contribution in [0.5, 0.6) is 0 Å². The highest BCUT2D eigenvalue weighted by Crippen LogP contribution is 2.34. The van der Waals surface area contributed by atoms with Crippen LogP contribution < -0.4 is 4.90 Å². The number of ether oxygens (including phenoxy) is 1. The maximum Gasteiger partial charge on any atom is 0.339 e. The summed E-state index contributed by atoms with van der Waals surface area (Å²) < 4.78 is 10.6. The van der Waals surface area contributed by atoms with Gasteiger partial charge in [-0.25, -0.2) is 4.79 Å². The first-order valence-electron chi connectivity index (χ1n) is 12.2. The van der Waals surface area contributed by atoms with Crippen molar-refractivity contribution >= 4 is 58.1 Å². The van der Waals surface area contributed by atoms with Crippen LogP contribution in [0.3, 0.4) is 0 Å². The normalized spacial score (nSPS) is 16.8. The maximum atomic E-state index is 13.0. The van der Waals surface area contributed by atoms with Gasteiger partial charge < -0.3 is 19.0 Å². The molecule has 2 aliphatic rings. The molecule has 3 heterocycles. The summed E-state index contributed by atoms with van der Waals surface area (Å²) >= 11 is 6.85. The van der Waals surface area contributed by atoms with Crippen LogP contribution in [0.1, 0.15) is 16.1 Å². The molecule has 2 aromatic carbocycles. The molecule has 0 spiro atoms. The number of hydrogen-bond donors (Lipinski definition) is 0. The van der Waals surface area contributed by atoms with E-state index in [9.17, 15) is 19.2 Å². The summed E-state index contributed by atoms with van der Waals surface area (Å²) in [5, 5.41) is -0.256. The van der Waals surface area contributed by atoms with E-state index in [0.29, 0.717) is 43.3 Å². The zero-order valence-electron chi connectivity index (χ0n) is 21.0. The summed E-state index contributed by atoms with van der Waals surface area (Å²) in [4.78, 5) is 55.4. The van der Waals surface area contributed by atoms with Crippen molar-refractivity contribution in [1.29, 1.82) is 0 Å². The standard InChI is InChI=1S/C28H24ClN3O6S/c1-37-27(35)21-15-18(7-9-22(21)29)23-10-8-20(38-23)16-24-26(34)32(28(36)39-24)17-25(33)31-13-11-30(12-14-31)19-5-3-2-4-6-19/h2-10,15-16H,11-14,17H2,1H3/b24-16+. The second kappa shape index (κ2) is 11.4. The van der Waals surface area contributed by atoms with Gasteiger partial charge in [-0.3, -0.25) is 19.3 Å². The number of thioether (sulfide) groups is 1. The van der Waals surface area contributed by atoms with E-state index in [4.69, 9.17) is 20.8 Å². The molecule has 39 heavy (non-hydrogen) atoms. The lowest BCUT2D eigenvalue weighted by molar-refractivity contribution is -0.136. The van der Waals surface area contributed by atoms with Gasteiger partial charge in [-0.2, -0.15) is 0 Å². The smallest absolute Gasteiger partial charge is 0.339 e. The van der Waals surface area contributed by atoms with Gasteiger partial charge in [-0.05, 0) is 54.2 Å². The van der Waals surface area contributed by atoms with E-state index in [1.54, 1.807) is 35.2 Å². The van der Waals surface area contributed by atoms with E-state index in [0.717, 1.165) is 22.3 Å². The summed E-state index contributed by atoms with van der Waals surface area (Å²) in [6.45, 7) is 2.06. The Morgan fingerprint density at radius 3 is 2.49 bits per heavy atom. The molecule has 5 rings (SSSR count). The van der Waals surface area contributed by atoms with Crippen LogP contribution in [0, 0.1) is 0 Å². The van der Waals surface area contributed by atoms with Crippen molar-refractivity contribution in [3.8, 4) is 11.3 Å². The molecule has 3 amide bonds. The van der Waals surface area contributed by atoms with Crippen LogP contribution in [0.4, 0.5) is 10.5 Å². The van der Waals surface area contributed by atoms with E-state index < -0.39 is 17.1 Å². The number of hydrogen-bond acceptors (Lipinski definition) is 8. The first kappa shape index (κ1) is 26.6. The van der Waals surface area contributed by atoms with Crippen LogP contribution in [0.2, 0.25) is 5.02 Å². The Morgan fingerprint density at radius 2 is 1.77 bits per heavy atom. The number of benzene rings is 2. The largest absolute Gasteiger partial charge is 0.465 e. The lowest BCUT2D eigenvalue weighted by Crippen LogP contribution is -2.51. The quantitative estimate of drug-likeness (QED) is 0.311. The predicted molar refractivity (Wildman–Crippen MR) is 148 cm³/mol. The van der Waals surface area contributed by atoms with Crippen molar-refractivity contribution in [3.63, 3.8) is 0 Å². The van der Waals surface area contributed by atoms with E-state index in [2.05, 4.69) is 4.90 Å². The van der Waals surface area contributed by atoms with Crippen LogP contribution in [-0.4, -0.2) is 72.7 Å². The second-order valence-electron chi connectivity index (χ2n) is 8.86. The molecule has 2 fully saturated rings. The molecule has 200 valence electrons. The SMILES string of the molecule is COC(=O)c1cc(-c2ccc(/C=C3/SC(=O)N(CC(=O)N4CCN(c5ccccc5)CC4)C3=O)o2)ccc1Cl. The Bertz CT molecular complexity index is 1460. The number of esters is 1. The second-order valence-corrected chi connectivity index (χ2v) is 10.3. The molecular formula is C28H24ClN3O6S. The number of para-hydroxylation sites is 1. The molecule has 0 radical (unpaired) electrons. The minimum atomic E-state index is -0.574. The number of anilines is 1. The van der Waals surface area contributed by atoms with Gasteiger partial charge in [0.05, 0.1) is 22.6 Å². The fraction of sp³-hybridized carbons (Fsp3) is 0.214. The Balaban J connectivity index is 1.22. The minimum absolute atomic E-state index is 0.161. The number of furan rings is 1. The van der Waals surface area contributed by atoms with Crippen LogP contribution in [-0.2, 0) is 14.3 Å². The minimum Gasteiger partial charge on any atom is -0.465 e. The van der Waals surface area contributed by atoms with Crippen molar-refractivity contribution in [2.24, 2.45) is 0 Å². The summed E-state index contributed by atoms with van der Waals surface area (Å²) in [6, 6.07) is 18.1. The van der Waals surface area contributed by atoms with Gasteiger partial charge in [-0.1, -0.05) is 29.8 Å². The van der Waals surface area contributed by atoms with E-state index in [1.165, 1.54) is 13.2 Å². The summed E-state index contributed by atoms with van der Waals surface area (Å²) in [6.07, 6.45) is 1.47. The molecule has 9 nitrogen and oxygen atoms in total. The molecule has 0 saturated carbocycles. The molecular weight excluding hydrogens is 542 g/mol. The van der Waals surface area contributed by atoms with Crippen molar-refractivity contribution in [3.05, 3.63) is 81.9 Å². The fourth-order valence-corrected chi connectivity index (χ4v) is 5.40. The highest BCUT2D eigenvalue weighted by Gasteiger charge is 2.37. The molecule has 0 unspecified atom stereocenters. The molecule has 0 N–H and O–H groups in total. The molecule has 11 heteroatoms. The third-order valence-electron chi connectivity index (χ3n) is 6.48. The molecule has 0 atom stereocenters. The van der Waals surface area contributed by atoms with Crippen molar-refractivity contribution < 1.29 is 28.3 Å². The van der Waals surface area contributed by atoms with Gasteiger partial charge in [0.1, 0.15) is 18.1 Å². The van der Waals surface area contributed by atoms with Crippen molar-refractivity contribution in [2.75, 3.05) is 44.7 Å². The molecule has 0 bridgehead atoms. The first-order chi connectivity index (χ1) is 18.8. The van der Waals surface area contributed by atoms with Gasteiger partial charge in [0.15, 0.2) is 0 Å². The number of amides is 3. The average molecular weight is 566 g/mol. The van der Waals surface area contributed by atoms with Crippen LogP contribution >= 0.6 is 23.4 Å². The number of carbonyl (C=O) groups is 4. The Morgan fingerprint density at radius 1 is 1.03 bits per heavy atom. The average Bonchev–Trinajstić information content (AvgIpc) is 3.53. The zero-order valence-corrected chi connectivity index (χ0v) is 22.5. The van der Waals surface area contributed by atoms with Crippen LogP contribution in [0.25, 0.3) is 17.4 Å². The number of methoxy groups -OCH3 is 1. The van der Waals surface area contributed by atoms with Gasteiger partial charge >= 0.3 is 5.97 Å². The third-order valence-corrected chi connectivity index (χ3v) is 7.71. The van der Waals surface area contributed by atoms with Crippen LogP contribution in [0.15, 0.2) is 70.0 Å². The number of piperazine rings is 1. The van der Waals surface area contributed by atoms with Crippen molar-refractivity contribution in [1.82, 2.24) is 9.80 Å². The zero-order chi connectivity index (χ0) is 27.5. The Hall–Kier alpha value is -4.02. The molecule has 2 aliphatic heterocycles. The lowest BCUT2D eigenvalue weighted by Gasteiger charge is -2.36. The molecule has 2 saturated heterocycles. The van der Waals surface area contributed by atoms with E-state index in [1.807, 2.05) is 30.3 Å². The summed E-state index contributed by atoms with van der Waals surface area (Å²) in [5.41, 5.74) is 1.88. The molecule has 3 aromatic rings. The summed E-state index contributed by atoms with van der Waals surface area (Å²) in [5.74, 6) is -0.607. The van der Waals surface area contributed by atoms with Gasteiger partial charge in [0, 0.05) is 43.5 Å². The number of carbonyl (C=O) groups excluding carboxylic acids is 4. The molecule has 0 aliphatic carbocycles. The molecule has 1 aromatic heterocycles. The van der Waals surface area contributed by atoms with E-state index >= 15 is 0 Å². The number of halogens is 1. The third kappa shape index (κ3) is 5.71. The predicted octanol–water partition coefficient (Wildman–Crippen LogP) is 4.77. The lowest BCUT2D eigenvalue weighted by atomic mass is 10.1. The fourth-order valence-electron chi connectivity index (χ4n) is 4.38. The summed E-state index contributed by atoms with van der Waals surface area (Å²) in [7, 11) is 1.27. The van der Waals surface area contributed by atoms with Gasteiger partial charge in [0.2, 0.25) is 5.91 Å². The number of imide groups is 1. The Kier molecular flexibility index (Phi) is 7.76. The maximum absolute atomic E-state index is 13.0. The highest BCUT2D eigenvalue weighted by molar-refractivity contribution is 8.18. The van der Waals surface area contributed by atoms with Crippen molar-refractivity contribution in [2.45, 2.75) is 0 Å². The first-order valence-corrected chi connectivity index (χ1v) is 13.3. The highest BCUT2D eigenvalue weighted by atomic mass is 35.5. The van der Waals surface area contributed by atoms with E-state index in [-0.39, 0.29) is 27.9 Å². The number of nitrogens with zero attached hydrogens (tertiary/aromatic N) is 3. The monoisotopic (exact) mass is 565 g/mol. The van der Waals surface area contributed by atoms with Gasteiger partial charge in [0.25, 0.3) is 11.1 Å². The Labute approximate surface area is 233 Å². The number of rotatable bonds is 6. The topological polar surface area (TPSA) is 100 Å².